The summed E-state index contributed by atoms with van der Waals surface area (Å²) in [5, 5.41) is 17.8. The second-order valence-electron chi connectivity index (χ2n) is 8.08. The van der Waals surface area contributed by atoms with Crippen molar-refractivity contribution in [3.63, 3.8) is 0 Å². The second kappa shape index (κ2) is 9.35. The summed E-state index contributed by atoms with van der Waals surface area (Å²) in [6, 6.07) is 12.8. The van der Waals surface area contributed by atoms with Gasteiger partial charge in [-0.25, -0.2) is 0 Å². The molecule has 0 bridgehead atoms. The lowest BCUT2D eigenvalue weighted by molar-refractivity contribution is 0.284. The van der Waals surface area contributed by atoms with E-state index in [1.165, 1.54) is 0 Å². The first kappa shape index (κ1) is 23.2. The van der Waals surface area contributed by atoms with E-state index in [0.29, 0.717) is 37.8 Å². The van der Waals surface area contributed by atoms with Gasteiger partial charge in [0.2, 0.25) is 0 Å². The van der Waals surface area contributed by atoms with Gasteiger partial charge in [-0.2, -0.15) is 5.26 Å². The minimum Gasteiger partial charge on any atom is -0.493 e. The molecule has 2 aromatic rings. The molecule has 2 N–H and O–H groups in total. The molecule has 2 aromatic carbocycles. The number of nitrogens with one attached hydrogen (secondary N) is 2. The van der Waals surface area contributed by atoms with Gasteiger partial charge in [-0.15, -0.1) is 0 Å². The van der Waals surface area contributed by atoms with Crippen LogP contribution in [-0.2, 0) is 6.61 Å². The van der Waals surface area contributed by atoms with Crippen molar-refractivity contribution in [2.45, 2.75) is 33.4 Å². The lowest BCUT2D eigenvalue weighted by Crippen LogP contribution is -2.46. The first-order valence-electron chi connectivity index (χ1n) is 9.61. The molecular weight excluding hydrogens is 453 g/mol. The van der Waals surface area contributed by atoms with Crippen molar-refractivity contribution < 1.29 is 9.47 Å². The molecule has 1 atom stereocenters. The highest BCUT2D eigenvalue weighted by molar-refractivity contribution is 7.80. The molecule has 0 unspecified atom stereocenters. The smallest absolute Gasteiger partial charge is 0.171 e. The highest BCUT2D eigenvalue weighted by Crippen LogP contribution is 2.38. The van der Waals surface area contributed by atoms with E-state index in [2.05, 4.69) is 16.7 Å². The number of hydrogen-bond acceptors (Lipinski definition) is 4. The van der Waals surface area contributed by atoms with Gasteiger partial charge in [0.15, 0.2) is 16.6 Å². The highest BCUT2D eigenvalue weighted by Gasteiger charge is 2.32. The minimum absolute atomic E-state index is 0.196. The number of hydrogen-bond donors (Lipinski definition) is 2. The van der Waals surface area contributed by atoms with E-state index in [-0.39, 0.29) is 12.0 Å². The van der Waals surface area contributed by atoms with E-state index >= 15 is 0 Å². The normalized spacial score (nSPS) is 16.3. The molecule has 8 heteroatoms. The Balaban J connectivity index is 1.94. The predicted octanol–water partition coefficient (Wildman–Crippen LogP) is 5.92. The average molecular weight is 476 g/mol. The molecule has 0 saturated heterocycles. The number of allylic oxidation sites excluding steroid dienone is 1. The van der Waals surface area contributed by atoms with E-state index in [0.717, 1.165) is 11.3 Å². The maximum absolute atomic E-state index is 9.87. The number of thiocarbonyl (C=S) groups is 1. The van der Waals surface area contributed by atoms with Crippen molar-refractivity contribution in [2.75, 3.05) is 7.11 Å². The lowest BCUT2D eigenvalue weighted by atomic mass is 9.84. The molecule has 162 valence electrons. The van der Waals surface area contributed by atoms with Crippen molar-refractivity contribution in [1.29, 1.82) is 5.26 Å². The molecule has 0 aliphatic carbocycles. The first-order chi connectivity index (χ1) is 14.7. The van der Waals surface area contributed by atoms with Crippen LogP contribution in [0.3, 0.4) is 0 Å². The predicted molar refractivity (Wildman–Crippen MR) is 127 cm³/mol. The Kier molecular flexibility index (Phi) is 7.00. The van der Waals surface area contributed by atoms with Crippen LogP contribution in [0.2, 0.25) is 10.0 Å². The number of rotatable bonds is 5. The van der Waals surface area contributed by atoms with Crippen LogP contribution >= 0.6 is 35.4 Å². The standard InChI is InChI=1S/C23H23Cl2N3O2S/c1-23(2,3)21-14(11-26)20(27-22(31)28-21)13-8-9-18(19(10-13)29-4)30-12-15-16(24)6-5-7-17(15)25/h5-10,20H,12H2,1-4H3,(H2,27,28,31)/t20-/m1/s1. The van der Waals surface area contributed by atoms with E-state index in [1.807, 2.05) is 32.9 Å². The van der Waals surface area contributed by atoms with Crippen molar-refractivity contribution >= 4 is 40.5 Å². The highest BCUT2D eigenvalue weighted by atomic mass is 35.5. The molecule has 0 spiro atoms. The number of methoxy groups -OCH3 is 1. The Labute approximate surface area is 197 Å². The molecule has 1 heterocycles. The van der Waals surface area contributed by atoms with Gasteiger partial charge in [0.25, 0.3) is 0 Å². The van der Waals surface area contributed by atoms with Crippen molar-refractivity contribution in [1.82, 2.24) is 10.6 Å². The molecule has 3 rings (SSSR count). The Morgan fingerprint density at radius 1 is 1.13 bits per heavy atom. The number of ether oxygens (including phenoxy) is 2. The van der Waals surface area contributed by atoms with Crippen LogP contribution in [0.15, 0.2) is 47.7 Å². The van der Waals surface area contributed by atoms with Gasteiger partial charge in [-0.1, -0.05) is 56.1 Å². The van der Waals surface area contributed by atoms with Crippen molar-refractivity contribution in [3.05, 3.63) is 68.8 Å². The number of nitriles is 1. The topological polar surface area (TPSA) is 66.3 Å². The van der Waals surface area contributed by atoms with Gasteiger partial charge in [0.1, 0.15) is 6.61 Å². The van der Waals surface area contributed by atoms with Gasteiger partial charge in [-0.3, -0.25) is 0 Å². The first-order valence-corrected chi connectivity index (χ1v) is 10.8. The van der Waals surface area contributed by atoms with Crippen LogP contribution in [0.25, 0.3) is 0 Å². The number of benzene rings is 2. The Hall–Kier alpha value is -2.46. The quantitative estimate of drug-likeness (QED) is 0.522. The van der Waals surface area contributed by atoms with Crippen LogP contribution in [-0.4, -0.2) is 12.2 Å². The monoisotopic (exact) mass is 475 g/mol. The molecular formula is C23H23Cl2N3O2S. The summed E-state index contributed by atoms with van der Waals surface area (Å²) in [6.07, 6.45) is 0. The Morgan fingerprint density at radius 2 is 1.81 bits per heavy atom. The summed E-state index contributed by atoms with van der Waals surface area (Å²) >= 11 is 17.9. The minimum atomic E-state index is -0.395. The Morgan fingerprint density at radius 3 is 2.39 bits per heavy atom. The fraction of sp³-hybridized carbons (Fsp3) is 0.304. The molecule has 0 saturated carbocycles. The van der Waals surface area contributed by atoms with Gasteiger partial charge in [-0.05, 0) is 42.0 Å². The van der Waals surface area contributed by atoms with Gasteiger partial charge < -0.3 is 20.1 Å². The van der Waals surface area contributed by atoms with Crippen LogP contribution < -0.4 is 20.1 Å². The zero-order valence-corrected chi connectivity index (χ0v) is 20.0. The number of nitrogens with zero attached hydrogens (tertiary/aromatic N) is 1. The summed E-state index contributed by atoms with van der Waals surface area (Å²) in [5.74, 6) is 1.07. The zero-order chi connectivity index (χ0) is 22.8. The van der Waals surface area contributed by atoms with Gasteiger partial charge >= 0.3 is 0 Å². The Bertz CT molecular complexity index is 1070. The van der Waals surface area contributed by atoms with E-state index in [4.69, 9.17) is 44.9 Å². The maximum Gasteiger partial charge on any atom is 0.171 e. The van der Waals surface area contributed by atoms with Crippen LogP contribution in [0.5, 0.6) is 11.5 Å². The molecule has 0 fully saturated rings. The fourth-order valence-corrected chi connectivity index (χ4v) is 4.06. The third kappa shape index (κ3) is 5.07. The lowest BCUT2D eigenvalue weighted by Gasteiger charge is -2.35. The van der Waals surface area contributed by atoms with Crippen LogP contribution in [0.1, 0.15) is 37.9 Å². The summed E-state index contributed by atoms with van der Waals surface area (Å²) in [4.78, 5) is 0. The summed E-state index contributed by atoms with van der Waals surface area (Å²) in [7, 11) is 1.57. The van der Waals surface area contributed by atoms with Crippen LogP contribution in [0, 0.1) is 16.7 Å². The molecule has 1 aliphatic heterocycles. The van der Waals surface area contributed by atoms with E-state index < -0.39 is 6.04 Å². The molecule has 0 aromatic heterocycles. The molecule has 0 radical (unpaired) electrons. The third-order valence-electron chi connectivity index (χ3n) is 4.90. The SMILES string of the molecule is COc1cc([C@H]2NC(=S)NC(C(C)(C)C)=C2C#N)ccc1OCc1c(Cl)cccc1Cl. The largest absolute Gasteiger partial charge is 0.493 e. The summed E-state index contributed by atoms with van der Waals surface area (Å²) in [6.45, 7) is 6.31. The zero-order valence-electron chi connectivity index (χ0n) is 17.7. The molecule has 1 aliphatic rings. The average Bonchev–Trinajstić information content (AvgIpc) is 2.72. The van der Waals surface area contributed by atoms with Crippen molar-refractivity contribution in [2.24, 2.45) is 5.41 Å². The van der Waals surface area contributed by atoms with Crippen LogP contribution in [0.4, 0.5) is 0 Å². The van der Waals surface area contributed by atoms with Gasteiger partial charge in [0, 0.05) is 26.7 Å². The second-order valence-corrected chi connectivity index (χ2v) is 9.30. The van der Waals surface area contributed by atoms with E-state index in [1.54, 1.807) is 31.4 Å². The summed E-state index contributed by atoms with van der Waals surface area (Å²) in [5.41, 5.74) is 2.65. The van der Waals surface area contributed by atoms with E-state index in [9.17, 15) is 5.26 Å². The fourth-order valence-electron chi connectivity index (χ4n) is 3.33. The molecule has 31 heavy (non-hydrogen) atoms. The molecule has 0 amide bonds. The maximum atomic E-state index is 9.87. The van der Waals surface area contributed by atoms with Crippen molar-refractivity contribution in [3.8, 4) is 17.6 Å². The third-order valence-corrected chi connectivity index (χ3v) is 5.83. The summed E-state index contributed by atoms with van der Waals surface area (Å²) < 4.78 is 11.5. The number of halogens is 2. The van der Waals surface area contributed by atoms with Gasteiger partial charge in [0.05, 0.1) is 24.8 Å². The molecule has 5 nitrogen and oxygen atoms in total.